The zero-order valence-corrected chi connectivity index (χ0v) is 22.4. The molecule has 0 saturated carbocycles. The Morgan fingerprint density at radius 2 is 1.69 bits per heavy atom. The molecule has 1 aliphatic heterocycles. The summed E-state index contributed by atoms with van der Waals surface area (Å²) in [7, 11) is 0. The fraction of sp³-hybridized carbons (Fsp3) is 0.367. The van der Waals surface area contributed by atoms with Gasteiger partial charge >= 0.3 is 0 Å². The molecule has 0 bridgehead atoms. The first-order valence-electron chi connectivity index (χ1n) is 12.2. The zero-order chi connectivity index (χ0) is 25.9. The smallest absolute Gasteiger partial charge is 0.217 e. The zero-order valence-electron chi connectivity index (χ0n) is 21.6. The van der Waals surface area contributed by atoms with Crippen LogP contribution in [0.25, 0.3) is 11.1 Å². The summed E-state index contributed by atoms with van der Waals surface area (Å²) in [6.45, 7) is 10.2. The van der Waals surface area contributed by atoms with Crippen LogP contribution in [0.1, 0.15) is 43.9 Å². The Hall–Kier alpha value is -2.67. The van der Waals surface area contributed by atoms with Crippen molar-refractivity contribution in [2.75, 3.05) is 13.2 Å². The van der Waals surface area contributed by atoms with Gasteiger partial charge in [0, 0.05) is 22.3 Å². The van der Waals surface area contributed by atoms with E-state index in [4.69, 9.17) is 9.47 Å². The lowest BCUT2D eigenvalue weighted by atomic mass is 9.91. The Labute approximate surface area is 217 Å². The third-order valence-corrected chi connectivity index (χ3v) is 7.66. The van der Waals surface area contributed by atoms with E-state index in [2.05, 4.69) is 37.4 Å². The maximum Gasteiger partial charge on any atom is 0.217 e. The number of carbonyl (C=O) groups excluding carboxylic acids is 1. The van der Waals surface area contributed by atoms with Crippen LogP contribution >= 0.6 is 11.8 Å². The first kappa shape index (κ1) is 26.4. The van der Waals surface area contributed by atoms with Gasteiger partial charge in [0.1, 0.15) is 5.82 Å². The molecule has 0 spiro atoms. The van der Waals surface area contributed by atoms with Gasteiger partial charge in [-0.25, -0.2) is 4.39 Å². The van der Waals surface area contributed by atoms with Gasteiger partial charge in [-0.1, -0.05) is 59.8 Å². The first-order chi connectivity index (χ1) is 17.0. The average molecular weight is 508 g/mol. The minimum absolute atomic E-state index is 0.105. The third kappa shape index (κ3) is 6.55. The summed E-state index contributed by atoms with van der Waals surface area (Å²) in [5.74, 6) is -0.992. The molecule has 1 amide bonds. The summed E-state index contributed by atoms with van der Waals surface area (Å²) in [6.07, 6.45) is 1.42. The number of rotatable bonds is 7. The molecule has 6 heteroatoms. The highest BCUT2D eigenvalue weighted by Crippen LogP contribution is 2.34. The lowest BCUT2D eigenvalue weighted by molar-refractivity contribution is -0.271. The highest BCUT2D eigenvalue weighted by Gasteiger charge is 2.40. The van der Waals surface area contributed by atoms with Crippen LogP contribution in [0.3, 0.4) is 0 Å². The summed E-state index contributed by atoms with van der Waals surface area (Å²) in [4.78, 5) is 13.8. The molecular formula is C30H34FNO3S. The van der Waals surface area contributed by atoms with E-state index in [0.717, 1.165) is 27.3 Å². The fourth-order valence-electron chi connectivity index (χ4n) is 4.43. The summed E-state index contributed by atoms with van der Waals surface area (Å²) < 4.78 is 26.7. The van der Waals surface area contributed by atoms with E-state index in [0.29, 0.717) is 25.2 Å². The molecule has 0 radical (unpaired) electrons. The van der Waals surface area contributed by atoms with Crippen LogP contribution in [-0.4, -0.2) is 30.4 Å². The third-order valence-electron chi connectivity index (χ3n) is 6.49. The maximum absolute atomic E-state index is 15.0. The van der Waals surface area contributed by atoms with Crippen molar-refractivity contribution in [1.29, 1.82) is 0 Å². The van der Waals surface area contributed by atoms with Gasteiger partial charge in [-0.05, 0) is 75.4 Å². The number of hydrogen-bond donors (Lipinski definition) is 1. The van der Waals surface area contributed by atoms with Crippen molar-refractivity contribution in [3.63, 3.8) is 0 Å². The molecule has 36 heavy (non-hydrogen) atoms. The molecule has 0 aromatic heterocycles. The molecular weight excluding hydrogens is 473 g/mol. The molecule has 3 aromatic rings. The Bertz CT molecular complexity index is 1230. The van der Waals surface area contributed by atoms with Crippen LogP contribution < -0.4 is 5.32 Å². The number of aryl methyl sites for hydroxylation is 3. The monoisotopic (exact) mass is 507 g/mol. The molecule has 1 heterocycles. The molecule has 0 unspecified atom stereocenters. The summed E-state index contributed by atoms with van der Waals surface area (Å²) in [6, 6.07) is 19.7. The minimum atomic E-state index is -0.652. The molecule has 4 rings (SSSR count). The van der Waals surface area contributed by atoms with E-state index >= 15 is 4.39 Å². The molecule has 0 atom stereocenters. The maximum atomic E-state index is 15.0. The Kier molecular flexibility index (Phi) is 7.88. The van der Waals surface area contributed by atoms with Gasteiger partial charge in [0.15, 0.2) is 5.79 Å². The van der Waals surface area contributed by atoms with E-state index in [9.17, 15) is 4.79 Å². The molecule has 1 saturated heterocycles. The predicted molar refractivity (Wildman–Crippen MR) is 143 cm³/mol. The van der Waals surface area contributed by atoms with Crippen LogP contribution in [0, 0.1) is 19.7 Å². The van der Waals surface area contributed by atoms with Crippen molar-refractivity contribution in [3.05, 3.63) is 83.2 Å². The van der Waals surface area contributed by atoms with Crippen molar-refractivity contribution in [2.45, 2.75) is 68.6 Å². The van der Waals surface area contributed by atoms with Gasteiger partial charge in [-0.2, -0.15) is 0 Å². The topological polar surface area (TPSA) is 47.6 Å². The number of nitrogens with one attached hydrogen (secondary N) is 1. The van der Waals surface area contributed by atoms with Crippen LogP contribution in [0.4, 0.5) is 4.39 Å². The van der Waals surface area contributed by atoms with Gasteiger partial charge in [0.2, 0.25) is 5.91 Å². The highest BCUT2D eigenvalue weighted by atomic mass is 32.2. The first-order valence-corrected chi connectivity index (χ1v) is 13.1. The van der Waals surface area contributed by atoms with Crippen LogP contribution in [-0.2, 0) is 20.7 Å². The van der Waals surface area contributed by atoms with E-state index in [1.54, 1.807) is 17.8 Å². The van der Waals surface area contributed by atoms with Gasteiger partial charge < -0.3 is 14.8 Å². The lowest BCUT2D eigenvalue weighted by Crippen LogP contribution is -2.60. The number of hydrogen-bond acceptors (Lipinski definition) is 4. The standard InChI is InChI=1S/C30H34FNO3S/c1-20-6-13-28(21(2)16-20)36-25-11-12-26(27(31)17-25)24-9-7-23(8-10-24)14-15-30(32-22(3)33)18-34-29(4,5)35-19-30/h6-13,16-17H,14-15,18-19H2,1-5H3,(H,32,33). The van der Waals surface area contributed by atoms with Gasteiger partial charge in [0.05, 0.1) is 18.8 Å². The summed E-state index contributed by atoms with van der Waals surface area (Å²) in [5, 5.41) is 3.04. The molecule has 0 aliphatic carbocycles. The molecule has 1 N–H and O–H groups in total. The van der Waals surface area contributed by atoms with E-state index in [1.807, 2.05) is 50.2 Å². The Balaban J connectivity index is 1.43. The predicted octanol–water partition coefficient (Wildman–Crippen LogP) is 6.85. The van der Waals surface area contributed by atoms with Gasteiger partial charge in [0.25, 0.3) is 0 Å². The van der Waals surface area contributed by atoms with Crippen LogP contribution in [0.5, 0.6) is 0 Å². The van der Waals surface area contributed by atoms with E-state index in [-0.39, 0.29) is 11.7 Å². The quantitative estimate of drug-likeness (QED) is 0.380. The molecule has 1 fully saturated rings. The number of ether oxygens (including phenoxy) is 2. The second-order valence-electron chi connectivity index (χ2n) is 10.1. The van der Waals surface area contributed by atoms with Crippen molar-refractivity contribution in [2.24, 2.45) is 0 Å². The lowest BCUT2D eigenvalue weighted by Gasteiger charge is -2.43. The molecule has 190 valence electrons. The molecule has 1 aliphatic rings. The number of carbonyl (C=O) groups is 1. The fourth-order valence-corrected chi connectivity index (χ4v) is 5.34. The van der Waals surface area contributed by atoms with Crippen LogP contribution in [0.15, 0.2) is 70.5 Å². The van der Waals surface area contributed by atoms with E-state index in [1.165, 1.54) is 18.1 Å². The largest absolute Gasteiger partial charge is 0.348 e. The van der Waals surface area contributed by atoms with Crippen molar-refractivity contribution >= 4 is 17.7 Å². The summed E-state index contributed by atoms with van der Waals surface area (Å²) in [5.41, 5.74) is 4.37. The van der Waals surface area contributed by atoms with E-state index < -0.39 is 11.3 Å². The Morgan fingerprint density at radius 1 is 1.00 bits per heavy atom. The molecule has 3 aromatic carbocycles. The normalized spacial score (nSPS) is 16.5. The number of halogens is 1. The minimum Gasteiger partial charge on any atom is -0.348 e. The van der Waals surface area contributed by atoms with Crippen molar-refractivity contribution in [3.8, 4) is 11.1 Å². The second-order valence-corrected chi connectivity index (χ2v) is 11.3. The molecule has 4 nitrogen and oxygen atoms in total. The second kappa shape index (κ2) is 10.8. The van der Waals surface area contributed by atoms with Gasteiger partial charge in [-0.3, -0.25) is 4.79 Å². The number of amides is 1. The Morgan fingerprint density at radius 3 is 2.31 bits per heavy atom. The summed E-state index contributed by atoms with van der Waals surface area (Å²) >= 11 is 1.58. The van der Waals surface area contributed by atoms with Crippen molar-refractivity contribution in [1.82, 2.24) is 5.32 Å². The van der Waals surface area contributed by atoms with Crippen LogP contribution in [0.2, 0.25) is 0 Å². The number of benzene rings is 3. The van der Waals surface area contributed by atoms with Gasteiger partial charge in [-0.15, -0.1) is 0 Å². The SMILES string of the molecule is CC(=O)NC1(CCc2ccc(-c3ccc(Sc4ccc(C)cc4C)cc3F)cc2)COC(C)(C)OC1. The average Bonchev–Trinajstić information content (AvgIpc) is 2.82. The highest BCUT2D eigenvalue weighted by molar-refractivity contribution is 7.99. The van der Waals surface area contributed by atoms with Crippen molar-refractivity contribution < 1.29 is 18.7 Å².